The van der Waals surface area contributed by atoms with E-state index in [9.17, 15) is 9.59 Å². The third kappa shape index (κ3) is 3.17. The summed E-state index contributed by atoms with van der Waals surface area (Å²) in [5.41, 5.74) is 2.37. The van der Waals surface area contributed by atoms with Crippen LogP contribution in [0, 0.1) is 0 Å². The van der Waals surface area contributed by atoms with Gasteiger partial charge in [-0.25, -0.2) is 9.88 Å². The van der Waals surface area contributed by atoms with Crippen LogP contribution in [0.3, 0.4) is 0 Å². The highest BCUT2D eigenvalue weighted by atomic mass is 79.9. The van der Waals surface area contributed by atoms with Crippen LogP contribution in [0.25, 0.3) is 0 Å². The molecule has 0 saturated heterocycles. The molecule has 5 nitrogen and oxygen atoms in total. The van der Waals surface area contributed by atoms with Gasteiger partial charge in [0.15, 0.2) is 0 Å². The summed E-state index contributed by atoms with van der Waals surface area (Å²) in [5.74, 6) is 0.500. The summed E-state index contributed by atoms with van der Waals surface area (Å²) >= 11 is 3.40. The van der Waals surface area contributed by atoms with Gasteiger partial charge >= 0.3 is 0 Å². The van der Waals surface area contributed by atoms with Gasteiger partial charge in [0, 0.05) is 15.6 Å². The number of rotatable bonds is 4. The van der Waals surface area contributed by atoms with E-state index in [1.54, 1.807) is 18.3 Å². The Morgan fingerprint density at radius 3 is 2.19 bits per heavy atom. The van der Waals surface area contributed by atoms with Crippen LogP contribution in [-0.4, -0.2) is 16.8 Å². The van der Waals surface area contributed by atoms with Crippen LogP contribution < -0.4 is 9.64 Å². The highest BCUT2D eigenvalue weighted by Crippen LogP contribution is 2.35. The molecule has 1 aromatic heterocycles. The number of hydrogen-bond donors (Lipinski definition) is 0. The van der Waals surface area contributed by atoms with Gasteiger partial charge in [-0.15, -0.1) is 0 Å². The summed E-state index contributed by atoms with van der Waals surface area (Å²) in [7, 11) is 0. The van der Waals surface area contributed by atoms with Crippen molar-refractivity contribution in [3.63, 3.8) is 0 Å². The van der Waals surface area contributed by atoms with E-state index in [1.807, 2.05) is 24.3 Å². The van der Waals surface area contributed by atoms with Crippen LogP contribution in [0.1, 0.15) is 31.2 Å². The van der Waals surface area contributed by atoms with E-state index in [4.69, 9.17) is 4.74 Å². The summed E-state index contributed by atoms with van der Waals surface area (Å²) in [4.78, 5) is 30.6. The molecule has 2 amide bonds. The second-order valence-electron chi connectivity index (χ2n) is 6.38. The maximum atomic E-state index is 12.5. The maximum absolute atomic E-state index is 12.5. The molecule has 2 heterocycles. The highest BCUT2D eigenvalue weighted by molar-refractivity contribution is 9.10. The van der Waals surface area contributed by atoms with Crippen LogP contribution in [0.5, 0.6) is 5.75 Å². The van der Waals surface area contributed by atoms with Crippen molar-refractivity contribution in [3.8, 4) is 5.75 Å². The normalized spacial score (nSPS) is 16.9. The number of amides is 2. The van der Waals surface area contributed by atoms with Crippen molar-refractivity contribution in [1.82, 2.24) is 4.98 Å². The van der Waals surface area contributed by atoms with Crippen molar-refractivity contribution < 1.29 is 14.3 Å². The number of benzene rings is 1. The number of pyridine rings is 1. The molecule has 6 heteroatoms. The molecule has 1 aliphatic carbocycles. The predicted octanol–water partition coefficient (Wildman–Crippen LogP) is 4.17. The van der Waals surface area contributed by atoms with Gasteiger partial charge < -0.3 is 4.74 Å². The van der Waals surface area contributed by atoms with Gasteiger partial charge in [0.1, 0.15) is 18.2 Å². The monoisotopic (exact) mass is 412 g/mol. The third-order valence-corrected chi connectivity index (χ3v) is 5.19. The Labute approximate surface area is 159 Å². The Morgan fingerprint density at radius 1 is 0.962 bits per heavy atom. The zero-order valence-corrected chi connectivity index (χ0v) is 15.7. The molecule has 0 unspecified atom stereocenters. The van der Waals surface area contributed by atoms with Crippen LogP contribution in [0.4, 0.5) is 5.82 Å². The van der Waals surface area contributed by atoms with Crippen molar-refractivity contribution >= 4 is 33.6 Å². The molecule has 2 aromatic rings. The largest absolute Gasteiger partial charge is 0.487 e. The SMILES string of the molecule is O=C1C2=C(CCCC2)C(=O)N1c1ccc(OCc2ccc(Br)cc2)cn1. The van der Waals surface area contributed by atoms with Crippen molar-refractivity contribution in [2.75, 3.05) is 4.90 Å². The molecule has 0 radical (unpaired) electrons. The van der Waals surface area contributed by atoms with Gasteiger partial charge in [0.2, 0.25) is 0 Å². The van der Waals surface area contributed by atoms with Gasteiger partial charge in [-0.1, -0.05) is 28.1 Å². The smallest absolute Gasteiger partial charge is 0.262 e. The Bertz CT molecular complexity index is 860. The molecule has 0 N–H and O–H groups in total. The zero-order chi connectivity index (χ0) is 18.1. The molecule has 4 rings (SSSR count). The molecule has 2 aliphatic rings. The quantitative estimate of drug-likeness (QED) is 0.707. The average molecular weight is 413 g/mol. The maximum Gasteiger partial charge on any atom is 0.262 e. The van der Waals surface area contributed by atoms with Crippen molar-refractivity contribution in [1.29, 1.82) is 0 Å². The number of ether oxygens (including phenoxy) is 1. The number of imide groups is 1. The minimum absolute atomic E-state index is 0.222. The van der Waals surface area contributed by atoms with Gasteiger partial charge in [-0.3, -0.25) is 9.59 Å². The number of aromatic nitrogens is 1. The first-order valence-corrected chi connectivity index (χ1v) is 9.37. The average Bonchev–Trinajstić information content (AvgIpc) is 2.93. The van der Waals surface area contributed by atoms with E-state index >= 15 is 0 Å². The molecule has 0 atom stereocenters. The molecule has 0 bridgehead atoms. The van der Waals surface area contributed by atoms with Gasteiger partial charge in [-0.05, 0) is 55.5 Å². The first kappa shape index (κ1) is 17.0. The summed E-state index contributed by atoms with van der Waals surface area (Å²) in [6, 6.07) is 11.3. The summed E-state index contributed by atoms with van der Waals surface area (Å²) in [6.07, 6.45) is 4.84. The molecule has 1 aromatic carbocycles. The Morgan fingerprint density at radius 2 is 1.62 bits per heavy atom. The van der Waals surface area contributed by atoms with Gasteiger partial charge in [-0.2, -0.15) is 0 Å². The van der Waals surface area contributed by atoms with E-state index in [-0.39, 0.29) is 11.8 Å². The van der Waals surface area contributed by atoms with Crippen LogP contribution in [-0.2, 0) is 16.2 Å². The molecule has 1 aliphatic heterocycles. The zero-order valence-electron chi connectivity index (χ0n) is 14.1. The number of halogens is 1. The lowest BCUT2D eigenvalue weighted by molar-refractivity contribution is -0.120. The summed E-state index contributed by atoms with van der Waals surface area (Å²) in [6.45, 7) is 0.422. The topological polar surface area (TPSA) is 59.5 Å². The predicted molar refractivity (Wildman–Crippen MR) is 101 cm³/mol. The van der Waals surface area contributed by atoms with E-state index in [0.29, 0.717) is 42.2 Å². The fourth-order valence-electron chi connectivity index (χ4n) is 3.29. The molecule has 0 spiro atoms. The lowest BCUT2D eigenvalue weighted by Crippen LogP contribution is -2.32. The lowest BCUT2D eigenvalue weighted by atomic mass is 9.93. The standard InChI is InChI=1S/C20H17BrN2O3/c21-14-7-5-13(6-8-14)12-26-15-9-10-18(22-11-15)23-19(24)16-3-1-2-4-17(16)20(23)25/h5-11H,1-4,12H2. The van der Waals surface area contributed by atoms with Gasteiger partial charge in [0.25, 0.3) is 11.8 Å². The van der Waals surface area contributed by atoms with Crippen molar-refractivity contribution in [2.24, 2.45) is 0 Å². The molecule has 0 fully saturated rings. The second kappa shape index (κ2) is 7.03. The summed E-state index contributed by atoms with van der Waals surface area (Å²) in [5, 5.41) is 0. The molecule has 26 heavy (non-hydrogen) atoms. The van der Waals surface area contributed by atoms with E-state index in [1.165, 1.54) is 4.90 Å². The van der Waals surface area contributed by atoms with Crippen molar-refractivity contribution in [3.05, 3.63) is 63.8 Å². The van der Waals surface area contributed by atoms with E-state index < -0.39 is 0 Å². The summed E-state index contributed by atoms with van der Waals surface area (Å²) < 4.78 is 6.74. The molecule has 132 valence electrons. The number of carbonyl (C=O) groups excluding carboxylic acids is 2. The first-order valence-electron chi connectivity index (χ1n) is 8.57. The number of nitrogens with zero attached hydrogens (tertiary/aromatic N) is 2. The molecular formula is C20H17BrN2O3. The third-order valence-electron chi connectivity index (χ3n) is 4.66. The van der Waals surface area contributed by atoms with Crippen LogP contribution in [0.2, 0.25) is 0 Å². The Balaban J connectivity index is 1.45. The molecular weight excluding hydrogens is 396 g/mol. The van der Waals surface area contributed by atoms with Crippen LogP contribution in [0.15, 0.2) is 58.2 Å². The fourth-order valence-corrected chi connectivity index (χ4v) is 3.55. The minimum Gasteiger partial charge on any atom is -0.487 e. The lowest BCUT2D eigenvalue weighted by Gasteiger charge is -2.14. The van der Waals surface area contributed by atoms with Crippen molar-refractivity contribution in [2.45, 2.75) is 32.3 Å². The number of hydrogen-bond acceptors (Lipinski definition) is 4. The van der Waals surface area contributed by atoms with E-state index in [2.05, 4.69) is 20.9 Å². The van der Waals surface area contributed by atoms with Crippen LogP contribution >= 0.6 is 15.9 Å². The fraction of sp³-hybridized carbons (Fsp3) is 0.250. The van der Waals surface area contributed by atoms with E-state index in [0.717, 1.165) is 22.9 Å². The second-order valence-corrected chi connectivity index (χ2v) is 7.29. The highest BCUT2D eigenvalue weighted by Gasteiger charge is 2.40. The number of carbonyl (C=O) groups is 2. The first-order chi connectivity index (χ1) is 12.6. The Kier molecular flexibility index (Phi) is 4.59. The minimum atomic E-state index is -0.222. The number of anilines is 1. The molecule has 0 saturated carbocycles. The van der Waals surface area contributed by atoms with Gasteiger partial charge in [0.05, 0.1) is 6.20 Å². The Hall–Kier alpha value is -2.47.